The lowest BCUT2D eigenvalue weighted by Crippen LogP contribution is -2.24. The van der Waals surface area contributed by atoms with Gasteiger partial charge in [0.15, 0.2) is 0 Å². The zero-order valence-corrected chi connectivity index (χ0v) is 13.5. The highest BCUT2D eigenvalue weighted by atomic mass is 16.1. The van der Waals surface area contributed by atoms with E-state index < -0.39 is 0 Å². The summed E-state index contributed by atoms with van der Waals surface area (Å²) in [6, 6.07) is 18.5. The van der Waals surface area contributed by atoms with Gasteiger partial charge in [0, 0.05) is 19.5 Å². The van der Waals surface area contributed by atoms with Crippen LogP contribution in [0.3, 0.4) is 0 Å². The first kappa shape index (κ1) is 17.2. The maximum absolute atomic E-state index is 12.0. The number of para-hydroxylation sites is 1. The fourth-order valence-electron chi connectivity index (χ4n) is 2.32. The molecule has 1 N–H and O–H groups in total. The molecule has 0 aromatic heterocycles. The molecular weight excluding hydrogens is 300 g/mol. The van der Waals surface area contributed by atoms with Gasteiger partial charge in [-0.05, 0) is 36.9 Å². The summed E-state index contributed by atoms with van der Waals surface area (Å²) in [6.45, 7) is 1.24. The summed E-state index contributed by atoms with van der Waals surface area (Å²) < 4.78 is 0. The second-order valence-electron chi connectivity index (χ2n) is 5.51. The van der Waals surface area contributed by atoms with E-state index in [9.17, 15) is 4.79 Å². The third-order valence-electron chi connectivity index (χ3n) is 3.55. The van der Waals surface area contributed by atoms with Gasteiger partial charge in [-0.3, -0.25) is 4.79 Å². The first-order valence-electron chi connectivity index (χ1n) is 7.59. The molecule has 0 spiro atoms. The Bertz CT molecular complexity index is 801. The zero-order chi connectivity index (χ0) is 17.4. The monoisotopic (exact) mass is 318 g/mol. The quantitative estimate of drug-likeness (QED) is 0.888. The molecule has 2 aromatic carbocycles. The van der Waals surface area contributed by atoms with Gasteiger partial charge in [0.05, 0.1) is 22.9 Å². The molecular formula is C19H18N4O. The minimum absolute atomic E-state index is 0.129. The molecule has 0 bridgehead atoms. The van der Waals surface area contributed by atoms with Crippen molar-refractivity contribution in [3.8, 4) is 12.1 Å². The minimum atomic E-state index is -0.129. The molecule has 0 aliphatic rings. The Hall–Kier alpha value is -3.15. The average Bonchev–Trinajstić information content (AvgIpc) is 2.60. The van der Waals surface area contributed by atoms with Gasteiger partial charge in [-0.2, -0.15) is 10.5 Å². The summed E-state index contributed by atoms with van der Waals surface area (Å²) in [5.41, 5.74) is 2.65. The molecule has 0 unspecified atom stereocenters. The number of amides is 1. The number of carbonyl (C=O) groups is 1. The van der Waals surface area contributed by atoms with Crippen molar-refractivity contribution in [1.29, 1.82) is 10.5 Å². The maximum Gasteiger partial charge on any atom is 0.225 e. The number of anilines is 1. The predicted molar refractivity (Wildman–Crippen MR) is 91.9 cm³/mol. The molecule has 0 fully saturated rings. The molecule has 0 aliphatic carbocycles. The molecule has 0 atom stereocenters. The van der Waals surface area contributed by atoms with Crippen molar-refractivity contribution >= 4 is 11.6 Å². The Labute approximate surface area is 141 Å². The summed E-state index contributed by atoms with van der Waals surface area (Å²) in [5.74, 6) is -0.129. The van der Waals surface area contributed by atoms with Crippen LogP contribution >= 0.6 is 0 Å². The standard InChI is InChI=1S/C19H18N4O/c1-23(14-16-6-4-5-15(11-16)12-20)10-9-19(24)22-18-8-3-2-7-17(18)13-21/h2-8,11H,9-10,14H2,1H3,(H,22,24). The second kappa shape index (κ2) is 8.47. The molecule has 0 aliphatic heterocycles. The zero-order valence-electron chi connectivity index (χ0n) is 13.5. The number of hydrogen-bond donors (Lipinski definition) is 1. The van der Waals surface area contributed by atoms with Crippen LogP contribution in [0.4, 0.5) is 5.69 Å². The van der Waals surface area contributed by atoms with E-state index >= 15 is 0 Å². The van der Waals surface area contributed by atoms with E-state index in [1.807, 2.05) is 30.1 Å². The Morgan fingerprint density at radius 1 is 1.12 bits per heavy atom. The SMILES string of the molecule is CN(CCC(=O)Nc1ccccc1C#N)Cc1cccc(C#N)c1. The van der Waals surface area contributed by atoms with Gasteiger partial charge in [0.1, 0.15) is 6.07 Å². The molecule has 5 nitrogen and oxygen atoms in total. The van der Waals surface area contributed by atoms with Crippen LogP contribution in [0.15, 0.2) is 48.5 Å². The second-order valence-corrected chi connectivity index (χ2v) is 5.51. The van der Waals surface area contributed by atoms with Gasteiger partial charge in [0.25, 0.3) is 0 Å². The lowest BCUT2D eigenvalue weighted by Gasteiger charge is -2.16. The Morgan fingerprint density at radius 3 is 2.67 bits per heavy atom. The molecule has 0 radical (unpaired) electrons. The van der Waals surface area contributed by atoms with E-state index in [1.54, 1.807) is 30.3 Å². The van der Waals surface area contributed by atoms with Crippen LogP contribution in [0.1, 0.15) is 23.1 Å². The Balaban J connectivity index is 1.85. The number of nitrogens with one attached hydrogen (secondary N) is 1. The Kier molecular flexibility index (Phi) is 6.08. The summed E-state index contributed by atoms with van der Waals surface area (Å²) in [7, 11) is 1.93. The molecule has 24 heavy (non-hydrogen) atoms. The van der Waals surface area contributed by atoms with Gasteiger partial charge in [-0.15, -0.1) is 0 Å². The third-order valence-corrected chi connectivity index (χ3v) is 3.55. The highest BCUT2D eigenvalue weighted by molar-refractivity contribution is 5.92. The van der Waals surface area contributed by atoms with Gasteiger partial charge in [-0.1, -0.05) is 24.3 Å². The third kappa shape index (κ3) is 4.95. The van der Waals surface area contributed by atoms with Crippen molar-refractivity contribution in [2.75, 3.05) is 18.9 Å². The predicted octanol–water partition coefficient (Wildman–Crippen LogP) is 2.89. The lowest BCUT2D eigenvalue weighted by molar-refractivity contribution is -0.116. The number of benzene rings is 2. The summed E-state index contributed by atoms with van der Waals surface area (Å²) in [4.78, 5) is 14.1. The van der Waals surface area contributed by atoms with Crippen LogP contribution in [0.25, 0.3) is 0 Å². The van der Waals surface area contributed by atoms with Gasteiger partial charge >= 0.3 is 0 Å². The largest absolute Gasteiger partial charge is 0.325 e. The molecule has 0 saturated carbocycles. The highest BCUT2D eigenvalue weighted by Crippen LogP contribution is 2.14. The summed E-state index contributed by atoms with van der Waals surface area (Å²) >= 11 is 0. The van der Waals surface area contributed by atoms with Crippen LogP contribution in [0.2, 0.25) is 0 Å². The topological polar surface area (TPSA) is 79.9 Å². The smallest absolute Gasteiger partial charge is 0.225 e. The number of carbonyl (C=O) groups excluding carboxylic acids is 1. The van der Waals surface area contributed by atoms with Crippen molar-refractivity contribution in [3.05, 3.63) is 65.2 Å². The van der Waals surface area contributed by atoms with Crippen molar-refractivity contribution in [2.45, 2.75) is 13.0 Å². The van der Waals surface area contributed by atoms with Crippen LogP contribution in [0, 0.1) is 22.7 Å². The van der Waals surface area contributed by atoms with Gasteiger partial charge in [-0.25, -0.2) is 0 Å². The minimum Gasteiger partial charge on any atom is -0.325 e. The average molecular weight is 318 g/mol. The normalized spacial score (nSPS) is 10.0. The molecule has 0 heterocycles. The lowest BCUT2D eigenvalue weighted by atomic mass is 10.1. The fraction of sp³-hybridized carbons (Fsp3) is 0.211. The van der Waals surface area contributed by atoms with Crippen molar-refractivity contribution in [1.82, 2.24) is 4.90 Å². The van der Waals surface area contributed by atoms with E-state index in [1.165, 1.54) is 0 Å². The first-order valence-corrected chi connectivity index (χ1v) is 7.59. The van der Waals surface area contributed by atoms with Crippen LogP contribution in [-0.4, -0.2) is 24.4 Å². The molecule has 5 heteroatoms. The maximum atomic E-state index is 12.0. The van der Waals surface area contributed by atoms with Crippen LogP contribution in [0.5, 0.6) is 0 Å². The van der Waals surface area contributed by atoms with E-state index in [2.05, 4.69) is 17.5 Å². The molecule has 120 valence electrons. The van der Waals surface area contributed by atoms with Gasteiger partial charge in [0.2, 0.25) is 5.91 Å². The summed E-state index contributed by atoms with van der Waals surface area (Å²) in [6.07, 6.45) is 0.328. The number of nitrogens with zero attached hydrogens (tertiary/aromatic N) is 3. The van der Waals surface area contributed by atoms with Crippen LogP contribution in [-0.2, 0) is 11.3 Å². The van der Waals surface area contributed by atoms with E-state index in [0.29, 0.717) is 36.3 Å². The van der Waals surface area contributed by atoms with E-state index in [-0.39, 0.29) is 5.91 Å². The fourth-order valence-corrected chi connectivity index (χ4v) is 2.32. The number of rotatable bonds is 6. The highest BCUT2D eigenvalue weighted by Gasteiger charge is 2.08. The number of hydrogen-bond acceptors (Lipinski definition) is 4. The van der Waals surface area contributed by atoms with Crippen LogP contribution < -0.4 is 5.32 Å². The first-order chi connectivity index (χ1) is 11.6. The van der Waals surface area contributed by atoms with Gasteiger partial charge < -0.3 is 10.2 Å². The van der Waals surface area contributed by atoms with E-state index in [0.717, 1.165) is 5.56 Å². The Morgan fingerprint density at radius 2 is 1.92 bits per heavy atom. The molecule has 1 amide bonds. The molecule has 2 rings (SSSR count). The molecule has 0 saturated heterocycles. The number of nitriles is 2. The van der Waals surface area contributed by atoms with Crippen molar-refractivity contribution < 1.29 is 4.79 Å². The van der Waals surface area contributed by atoms with Crippen molar-refractivity contribution in [3.63, 3.8) is 0 Å². The molecule has 2 aromatic rings. The van der Waals surface area contributed by atoms with Crippen molar-refractivity contribution in [2.24, 2.45) is 0 Å². The summed E-state index contributed by atoms with van der Waals surface area (Å²) in [5, 5.41) is 20.7. The van der Waals surface area contributed by atoms with E-state index in [4.69, 9.17) is 10.5 Å².